The minimum atomic E-state index is -1.07. The Morgan fingerprint density at radius 1 is 1.26 bits per heavy atom. The largest absolute Gasteiger partial charge is 0.481 e. The molecule has 1 N–H and O–H groups in total. The number of aromatic nitrogens is 1. The highest BCUT2D eigenvalue weighted by Gasteiger charge is 2.11. The van der Waals surface area contributed by atoms with E-state index in [1.807, 2.05) is 17.5 Å². The number of para-hydroxylation sites is 1. The molecule has 3 rings (SSSR count). The first kappa shape index (κ1) is 18.6. The summed E-state index contributed by atoms with van der Waals surface area (Å²) in [6.07, 6.45) is 1.64. The fourth-order valence-electron chi connectivity index (χ4n) is 2.32. The molecule has 1 heterocycles. The number of nitriles is 1. The molecule has 0 spiro atoms. The van der Waals surface area contributed by atoms with Crippen LogP contribution in [-0.2, 0) is 4.79 Å². The third kappa shape index (κ3) is 4.73. The number of carboxylic acid groups (broad SMARTS) is 1. The number of hydrogen-bond acceptors (Lipinski definition) is 5. The van der Waals surface area contributed by atoms with Crippen molar-refractivity contribution >= 4 is 40.6 Å². The summed E-state index contributed by atoms with van der Waals surface area (Å²) in [5, 5.41) is 21.4. The predicted octanol–water partition coefficient (Wildman–Crippen LogP) is 4.99. The molecule has 0 radical (unpaired) electrons. The average molecular weight is 397 g/mol. The molecule has 0 saturated heterocycles. The number of hydrogen-bond donors (Lipinski definition) is 1. The monoisotopic (exact) mass is 396 g/mol. The van der Waals surface area contributed by atoms with E-state index in [9.17, 15) is 10.1 Å². The molecule has 0 aliphatic heterocycles. The Balaban J connectivity index is 1.91. The van der Waals surface area contributed by atoms with Crippen molar-refractivity contribution in [2.24, 2.45) is 0 Å². The lowest BCUT2D eigenvalue weighted by atomic mass is 10.1. The summed E-state index contributed by atoms with van der Waals surface area (Å²) in [5.41, 5.74) is 2.64. The number of carbonyl (C=O) groups is 1. The zero-order chi connectivity index (χ0) is 19.2. The van der Waals surface area contributed by atoms with Gasteiger partial charge in [0.25, 0.3) is 0 Å². The first-order valence-electron chi connectivity index (χ1n) is 7.84. The minimum Gasteiger partial charge on any atom is -0.481 e. The molecule has 2 aromatic carbocycles. The maximum atomic E-state index is 10.7. The van der Waals surface area contributed by atoms with Crippen molar-refractivity contribution in [3.05, 3.63) is 69.5 Å². The second-order valence-electron chi connectivity index (χ2n) is 5.43. The van der Waals surface area contributed by atoms with Crippen molar-refractivity contribution in [1.82, 2.24) is 4.98 Å². The van der Waals surface area contributed by atoms with Crippen molar-refractivity contribution < 1.29 is 14.6 Å². The number of carboxylic acids is 1. The van der Waals surface area contributed by atoms with E-state index >= 15 is 0 Å². The van der Waals surface area contributed by atoms with Crippen molar-refractivity contribution in [2.45, 2.75) is 0 Å². The van der Waals surface area contributed by atoms with Gasteiger partial charge < -0.3 is 9.84 Å². The van der Waals surface area contributed by atoms with Gasteiger partial charge in [0.05, 0.1) is 11.3 Å². The zero-order valence-corrected chi connectivity index (χ0v) is 15.5. The number of ether oxygens (including phenoxy) is 1. The molecule has 0 aliphatic rings. The minimum absolute atomic E-state index is 0.367. The van der Waals surface area contributed by atoms with Crippen LogP contribution in [0.3, 0.4) is 0 Å². The van der Waals surface area contributed by atoms with E-state index in [-0.39, 0.29) is 0 Å². The van der Waals surface area contributed by atoms with Crippen LogP contribution in [0.2, 0.25) is 5.02 Å². The number of allylic oxidation sites excluding steroid dienone is 1. The van der Waals surface area contributed by atoms with Crippen molar-refractivity contribution in [3.8, 4) is 23.1 Å². The molecular formula is C20H13ClN2O3S. The Kier molecular flexibility index (Phi) is 5.87. The van der Waals surface area contributed by atoms with E-state index in [2.05, 4.69) is 11.1 Å². The maximum absolute atomic E-state index is 10.7. The molecule has 0 amide bonds. The molecule has 27 heavy (non-hydrogen) atoms. The first-order valence-corrected chi connectivity index (χ1v) is 9.10. The smallest absolute Gasteiger partial charge is 0.341 e. The molecule has 0 saturated carbocycles. The highest BCUT2D eigenvalue weighted by atomic mass is 35.5. The van der Waals surface area contributed by atoms with Gasteiger partial charge in [0.15, 0.2) is 6.61 Å². The first-order chi connectivity index (χ1) is 13.1. The molecule has 5 nitrogen and oxygen atoms in total. The van der Waals surface area contributed by atoms with E-state index in [0.29, 0.717) is 26.9 Å². The van der Waals surface area contributed by atoms with Gasteiger partial charge in [-0.1, -0.05) is 41.9 Å². The molecule has 3 aromatic rings. The van der Waals surface area contributed by atoms with E-state index in [1.54, 1.807) is 42.5 Å². The highest BCUT2D eigenvalue weighted by molar-refractivity contribution is 7.11. The van der Waals surface area contributed by atoms with Gasteiger partial charge in [0, 0.05) is 21.5 Å². The Hall–Kier alpha value is -3.14. The van der Waals surface area contributed by atoms with Crippen LogP contribution in [0.4, 0.5) is 0 Å². The second-order valence-corrected chi connectivity index (χ2v) is 6.73. The van der Waals surface area contributed by atoms with E-state index in [1.165, 1.54) is 11.3 Å². The van der Waals surface area contributed by atoms with Gasteiger partial charge in [-0.05, 0) is 24.3 Å². The van der Waals surface area contributed by atoms with Gasteiger partial charge in [-0.25, -0.2) is 9.78 Å². The fourth-order valence-corrected chi connectivity index (χ4v) is 3.24. The quantitative estimate of drug-likeness (QED) is 0.593. The predicted molar refractivity (Wildman–Crippen MR) is 106 cm³/mol. The average Bonchev–Trinajstić information content (AvgIpc) is 3.15. The molecule has 0 atom stereocenters. The Morgan fingerprint density at radius 3 is 2.70 bits per heavy atom. The highest BCUT2D eigenvalue weighted by Crippen LogP contribution is 2.29. The molecule has 0 aliphatic carbocycles. The van der Waals surface area contributed by atoms with Crippen molar-refractivity contribution in [1.29, 1.82) is 5.26 Å². The Labute approximate surface area is 164 Å². The van der Waals surface area contributed by atoms with Gasteiger partial charge in [-0.15, -0.1) is 11.3 Å². The van der Waals surface area contributed by atoms with Crippen LogP contribution in [0.15, 0.2) is 53.9 Å². The van der Waals surface area contributed by atoms with Crippen LogP contribution in [-0.4, -0.2) is 22.7 Å². The standard InChI is InChI=1S/C20H13ClN2O3S/c21-16-7-5-13(6-8-16)17-12-27-20(23-17)15(10-22)9-14-3-1-2-4-18(14)26-11-19(24)25/h1-9,12H,11H2,(H,24,25)/b15-9+. The lowest BCUT2D eigenvalue weighted by Gasteiger charge is -2.07. The van der Waals surface area contributed by atoms with Crippen LogP contribution in [0, 0.1) is 11.3 Å². The number of halogens is 1. The third-order valence-corrected chi connectivity index (χ3v) is 4.69. The zero-order valence-electron chi connectivity index (χ0n) is 13.9. The number of nitrogens with zero attached hydrogens (tertiary/aromatic N) is 2. The van der Waals surface area contributed by atoms with Gasteiger partial charge in [0.2, 0.25) is 0 Å². The summed E-state index contributed by atoms with van der Waals surface area (Å²) < 4.78 is 5.28. The SMILES string of the molecule is N#C/C(=C\c1ccccc1OCC(=O)O)c1nc(-c2ccc(Cl)cc2)cs1. The molecule has 1 aromatic heterocycles. The summed E-state index contributed by atoms with van der Waals surface area (Å²) in [4.78, 5) is 15.3. The Bertz CT molecular complexity index is 1040. The van der Waals surface area contributed by atoms with Crippen molar-refractivity contribution in [2.75, 3.05) is 6.61 Å². The van der Waals surface area contributed by atoms with Crippen LogP contribution < -0.4 is 4.74 Å². The van der Waals surface area contributed by atoms with E-state index in [0.717, 1.165) is 11.3 Å². The fraction of sp³-hybridized carbons (Fsp3) is 0.0500. The van der Waals surface area contributed by atoms with Gasteiger partial charge in [0.1, 0.15) is 16.8 Å². The lowest BCUT2D eigenvalue weighted by Crippen LogP contribution is -2.09. The molecule has 0 bridgehead atoms. The molecule has 134 valence electrons. The van der Waals surface area contributed by atoms with Crippen molar-refractivity contribution in [3.63, 3.8) is 0 Å². The molecule has 7 heteroatoms. The molecule has 0 fully saturated rings. The number of rotatable bonds is 6. The number of aliphatic carboxylic acids is 1. The topological polar surface area (TPSA) is 83.2 Å². The third-order valence-electron chi connectivity index (χ3n) is 3.57. The van der Waals surface area contributed by atoms with Crippen LogP contribution in [0.1, 0.15) is 10.6 Å². The van der Waals surface area contributed by atoms with Crippen LogP contribution in [0.5, 0.6) is 5.75 Å². The summed E-state index contributed by atoms with van der Waals surface area (Å²) in [5.74, 6) is -0.677. The van der Waals surface area contributed by atoms with Gasteiger partial charge in [-0.3, -0.25) is 0 Å². The maximum Gasteiger partial charge on any atom is 0.341 e. The number of thiazole rings is 1. The molecular weight excluding hydrogens is 384 g/mol. The summed E-state index contributed by atoms with van der Waals surface area (Å²) >= 11 is 7.26. The summed E-state index contributed by atoms with van der Waals surface area (Å²) in [6.45, 7) is -0.454. The lowest BCUT2D eigenvalue weighted by molar-refractivity contribution is -0.139. The van der Waals surface area contributed by atoms with E-state index in [4.69, 9.17) is 21.4 Å². The van der Waals surface area contributed by atoms with Gasteiger partial charge >= 0.3 is 5.97 Å². The summed E-state index contributed by atoms with van der Waals surface area (Å²) in [6, 6.07) is 16.4. The second kappa shape index (κ2) is 8.49. The Morgan fingerprint density at radius 2 is 2.00 bits per heavy atom. The number of benzene rings is 2. The van der Waals surface area contributed by atoms with Crippen LogP contribution >= 0.6 is 22.9 Å². The molecule has 0 unspecified atom stereocenters. The van der Waals surface area contributed by atoms with Gasteiger partial charge in [-0.2, -0.15) is 5.26 Å². The summed E-state index contributed by atoms with van der Waals surface area (Å²) in [7, 11) is 0. The van der Waals surface area contributed by atoms with E-state index < -0.39 is 12.6 Å². The van der Waals surface area contributed by atoms with Crippen LogP contribution in [0.25, 0.3) is 22.9 Å². The normalized spacial score (nSPS) is 11.0.